The van der Waals surface area contributed by atoms with E-state index in [0.717, 1.165) is 13.1 Å². The Hall–Kier alpha value is -0.340. The maximum atomic E-state index is 3.26. The molecule has 0 radical (unpaired) electrons. The summed E-state index contributed by atoms with van der Waals surface area (Å²) >= 11 is 0. The molecule has 0 unspecified atom stereocenters. The Morgan fingerprint density at radius 2 is 2.21 bits per heavy atom. The molecule has 1 N–H and O–H groups in total. The number of rotatable bonds is 4. The average molecular weight is 196 g/mol. The summed E-state index contributed by atoms with van der Waals surface area (Å²) in [6.45, 7) is 11.5. The van der Waals surface area contributed by atoms with Crippen molar-refractivity contribution in [2.24, 2.45) is 5.41 Å². The zero-order valence-corrected chi connectivity index (χ0v) is 10.1. The Morgan fingerprint density at radius 3 is 2.71 bits per heavy atom. The van der Waals surface area contributed by atoms with Gasteiger partial charge in [0.1, 0.15) is 0 Å². The molecule has 1 rings (SSSR count). The fraction of sp³-hybridized carbons (Fsp3) is 0.833. The van der Waals surface area contributed by atoms with Crippen LogP contribution in [-0.4, -0.2) is 38.1 Å². The predicted molar refractivity (Wildman–Crippen MR) is 62.5 cm³/mol. The highest BCUT2D eigenvalue weighted by atomic mass is 15.1. The van der Waals surface area contributed by atoms with Crippen molar-refractivity contribution in [1.29, 1.82) is 0 Å². The quantitative estimate of drug-likeness (QED) is 0.691. The second-order valence-corrected chi connectivity index (χ2v) is 5.23. The van der Waals surface area contributed by atoms with Gasteiger partial charge in [-0.05, 0) is 25.8 Å². The van der Waals surface area contributed by atoms with E-state index in [-0.39, 0.29) is 0 Å². The van der Waals surface area contributed by atoms with Crippen LogP contribution in [0.5, 0.6) is 0 Å². The molecule has 1 aliphatic rings. The molecule has 0 saturated heterocycles. The number of nitrogens with one attached hydrogen (secondary N) is 1. The minimum Gasteiger partial charge on any atom is -0.319 e. The van der Waals surface area contributed by atoms with Crippen molar-refractivity contribution < 1.29 is 0 Å². The van der Waals surface area contributed by atoms with Gasteiger partial charge in [0.15, 0.2) is 0 Å². The van der Waals surface area contributed by atoms with Gasteiger partial charge in [-0.3, -0.25) is 4.90 Å². The zero-order chi connectivity index (χ0) is 10.6. The van der Waals surface area contributed by atoms with Gasteiger partial charge in [-0.1, -0.05) is 25.5 Å². The third-order valence-electron chi connectivity index (χ3n) is 2.83. The molecular weight excluding hydrogens is 172 g/mol. The first kappa shape index (κ1) is 11.7. The molecule has 0 fully saturated rings. The SMILES string of the molecule is CNCC(C)(C)CN1CC=C(C)CC1. The van der Waals surface area contributed by atoms with E-state index in [0.29, 0.717) is 5.41 Å². The van der Waals surface area contributed by atoms with Gasteiger partial charge in [0.2, 0.25) is 0 Å². The molecule has 2 heteroatoms. The van der Waals surface area contributed by atoms with Gasteiger partial charge in [0.05, 0.1) is 0 Å². The lowest BCUT2D eigenvalue weighted by atomic mass is 9.92. The fourth-order valence-corrected chi connectivity index (χ4v) is 2.10. The standard InChI is InChI=1S/C12H24N2/c1-11-5-7-14(8-6-11)10-12(2,3)9-13-4/h5,13H,6-10H2,1-4H3. The van der Waals surface area contributed by atoms with E-state index in [1.165, 1.54) is 19.5 Å². The van der Waals surface area contributed by atoms with E-state index in [9.17, 15) is 0 Å². The van der Waals surface area contributed by atoms with Gasteiger partial charge in [-0.2, -0.15) is 0 Å². The summed E-state index contributed by atoms with van der Waals surface area (Å²) in [5.41, 5.74) is 1.93. The number of nitrogens with zero attached hydrogens (tertiary/aromatic N) is 1. The second-order valence-electron chi connectivity index (χ2n) is 5.23. The number of hydrogen-bond donors (Lipinski definition) is 1. The topological polar surface area (TPSA) is 15.3 Å². The van der Waals surface area contributed by atoms with Crippen LogP contribution in [0, 0.1) is 5.41 Å². The minimum atomic E-state index is 0.383. The third-order valence-corrected chi connectivity index (χ3v) is 2.83. The zero-order valence-electron chi connectivity index (χ0n) is 10.1. The molecule has 82 valence electrons. The summed E-state index contributed by atoms with van der Waals surface area (Å²) in [5, 5.41) is 3.26. The predicted octanol–water partition coefficient (Wildman–Crippen LogP) is 1.88. The van der Waals surface area contributed by atoms with Crippen molar-refractivity contribution in [3.63, 3.8) is 0 Å². The maximum Gasteiger partial charge on any atom is 0.0166 e. The molecule has 0 aromatic carbocycles. The van der Waals surface area contributed by atoms with Crippen LogP contribution < -0.4 is 5.32 Å². The lowest BCUT2D eigenvalue weighted by Gasteiger charge is -2.34. The Labute approximate surface area is 88.4 Å². The van der Waals surface area contributed by atoms with Crippen LogP contribution in [0.15, 0.2) is 11.6 Å². The Balaban J connectivity index is 2.38. The van der Waals surface area contributed by atoms with Crippen molar-refractivity contribution >= 4 is 0 Å². The van der Waals surface area contributed by atoms with Crippen molar-refractivity contribution in [2.45, 2.75) is 27.2 Å². The van der Waals surface area contributed by atoms with Crippen LogP contribution >= 0.6 is 0 Å². The molecule has 0 aromatic heterocycles. The molecule has 0 saturated carbocycles. The van der Waals surface area contributed by atoms with Crippen molar-refractivity contribution in [3.8, 4) is 0 Å². The summed E-state index contributed by atoms with van der Waals surface area (Å²) in [4.78, 5) is 2.55. The van der Waals surface area contributed by atoms with Gasteiger partial charge >= 0.3 is 0 Å². The summed E-state index contributed by atoms with van der Waals surface area (Å²) in [6, 6.07) is 0. The first-order valence-electron chi connectivity index (χ1n) is 5.56. The van der Waals surface area contributed by atoms with Crippen LogP contribution in [0.1, 0.15) is 27.2 Å². The molecule has 0 aromatic rings. The smallest absolute Gasteiger partial charge is 0.0166 e. The van der Waals surface area contributed by atoms with Crippen LogP contribution in [0.4, 0.5) is 0 Å². The van der Waals surface area contributed by atoms with Gasteiger partial charge in [0.25, 0.3) is 0 Å². The average Bonchev–Trinajstić information content (AvgIpc) is 2.08. The molecule has 0 bridgehead atoms. The van der Waals surface area contributed by atoms with E-state index in [1.54, 1.807) is 5.57 Å². The second kappa shape index (κ2) is 4.94. The van der Waals surface area contributed by atoms with Gasteiger partial charge in [-0.25, -0.2) is 0 Å². The molecule has 0 aliphatic carbocycles. The maximum absolute atomic E-state index is 3.26. The molecule has 1 heterocycles. The summed E-state index contributed by atoms with van der Waals surface area (Å²) in [5.74, 6) is 0. The monoisotopic (exact) mass is 196 g/mol. The highest BCUT2D eigenvalue weighted by Gasteiger charge is 2.21. The first-order chi connectivity index (χ1) is 6.53. The van der Waals surface area contributed by atoms with Crippen LogP contribution in [-0.2, 0) is 0 Å². The minimum absolute atomic E-state index is 0.383. The van der Waals surface area contributed by atoms with Crippen LogP contribution in [0.2, 0.25) is 0 Å². The normalized spacial score (nSPS) is 19.6. The van der Waals surface area contributed by atoms with E-state index >= 15 is 0 Å². The van der Waals surface area contributed by atoms with E-state index in [2.05, 4.69) is 37.1 Å². The van der Waals surface area contributed by atoms with Crippen molar-refractivity contribution in [1.82, 2.24) is 10.2 Å². The Morgan fingerprint density at radius 1 is 1.50 bits per heavy atom. The Kier molecular flexibility index (Phi) is 4.14. The lowest BCUT2D eigenvalue weighted by Crippen LogP contribution is -2.41. The first-order valence-corrected chi connectivity index (χ1v) is 5.56. The van der Waals surface area contributed by atoms with Crippen LogP contribution in [0.25, 0.3) is 0 Å². The fourth-order valence-electron chi connectivity index (χ4n) is 2.10. The van der Waals surface area contributed by atoms with Crippen molar-refractivity contribution in [3.05, 3.63) is 11.6 Å². The van der Waals surface area contributed by atoms with Gasteiger partial charge in [0, 0.05) is 26.2 Å². The summed E-state index contributed by atoms with van der Waals surface area (Å²) in [7, 11) is 2.03. The lowest BCUT2D eigenvalue weighted by molar-refractivity contribution is 0.186. The molecule has 1 aliphatic heterocycles. The molecule has 2 nitrogen and oxygen atoms in total. The highest BCUT2D eigenvalue weighted by Crippen LogP contribution is 2.18. The molecule has 0 atom stereocenters. The molecule has 0 spiro atoms. The van der Waals surface area contributed by atoms with E-state index < -0.39 is 0 Å². The third kappa shape index (κ3) is 3.81. The molecular formula is C12H24N2. The van der Waals surface area contributed by atoms with E-state index in [4.69, 9.17) is 0 Å². The largest absolute Gasteiger partial charge is 0.319 e. The number of hydrogen-bond acceptors (Lipinski definition) is 2. The summed E-state index contributed by atoms with van der Waals surface area (Å²) in [6.07, 6.45) is 3.61. The van der Waals surface area contributed by atoms with Crippen molar-refractivity contribution in [2.75, 3.05) is 33.2 Å². The summed E-state index contributed by atoms with van der Waals surface area (Å²) < 4.78 is 0. The van der Waals surface area contributed by atoms with Gasteiger partial charge < -0.3 is 5.32 Å². The molecule has 0 amide bonds. The molecule has 14 heavy (non-hydrogen) atoms. The Bertz CT molecular complexity index is 206. The highest BCUT2D eigenvalue weighted by molar-refractivity contribution is 5.04. The van der Waals surface area contributed by atoms with Gasteiger partial charge in [-0.15, -0.1) is 0 Å². The van der Waals surface area contributed by atoms with E-state index in [1.807, 2.05) is 7.05 Å². The van der Waals surface area contributed by atoms with Crippen LogP contribution in [0.3, 0.4) is 0 Å².